The van der Waals surface area contributed by atoms with Gasteiger partial charge >= 0.3 is 0 Å². The zero-order valence-electron chi connectivity index (χ0n) is 8.58. The summed E-state index contributed by atoms with van der Waals surface area (Å²) >= 11 is 0. The Labute approximate surface area is 83.5 Å². The summed E-state index contributed by atoms with van der Waals surface area (Å²) in [5.41, 5.74) is 6.83. The van der Waals surface area contributed by atoms with E-state index in [-0.39, 0.29) is 30.9 Å². The number of hydroxylamine groups is 1. The average molecular weight is 202 g/mol. The molecule has 1 unspecified atom stereocenters. The summed E-state index contributed by atoms with van der Waals surface area (Å²) in [7, 11) is 0. The number of rotatable bonds is 5. The van der Waals surface area contributed by atoms with Crippen LogP contribution in [0, 0.1) is 0 Å². The molecule has 6 heteroatoms. The number of hydrogen-bond donors (Lipinski definition) is 4. The number of carbonyl (C=O) groups is 1. The Hall–Kier alpha value is -1.30. The van der Waals surface area contributed by atoms with Crippen LogP contribution >= 0.6 is 0 Å². The summed E-state index contributed by atoms with van der Waals surface area (Å²) in [6, 6.07) is 0.180. The lowest BCUT2D eigenvalue weighted by atomic mass is 10.2. The molecule has 0 rings (SSSR count). The molecule has 0 aliphatic heterocycles. The lowest BCUT2D eigenvalue weighted by molar-refractivity contribution is -0.121. The second-order valence-corrected chi connectivity index (χ2v) is 3.01. The molecule has 0 spiro atoms. The van der Waals surface area contributed by atoms with Crippen molar-refractivity contribution in [2.75, 3.05) is 6.54 Å². The zero-order valence-corrected chi connectivity index (χ0v) is 8.58. The fourth-order valence-corrected chi connectivity index (χ4v) is 0.762. The summed E-state index contributed by atoms with van der Waals surface area (Å²) in [5.74, 6) is -0.143. The largest absolute Gasteiger partial charge is 0.368 e. The first kappa shape index (κ1) is 12.7. The van der Waals surface area contributed by atoms with Gasteiger partial charge in [-0.1, -0.05) is 6.92 Å². The van der Waals surface area contributed by atoms with Gasteiger partial charge in [0, 0.05) is 12.5 Å². The van der Waals surface area contributed by atoms with E-state index in [9.17, 15) is 4.79 Å². The Kier molecular flexibility index (Phi) is 6.47. The van der Waals surface area contributed by atoms with Gasteiger partial charge in [-0.05, 0) is 13.3 Å². The maximum absolute atomic E-state index is 11.2. The lowest BCUT2D eigenvalue weighted by Gasteiger charge is -2.10. The minimum absolute atomic E-state index is 0.0613. The van der Waals surface area contributed by atoms with Gasteiger partial charge < -0.3 is 11.1 Å². The molecule has 0 saturated heterocycles. The molecule has 5 N–H and O–H groups in total. The molecule has 0 heterocycles. The van der Waals surface area contributed by atoms with Gasteiger partial charge in [-0.15, -0.1) is 0 Å². The standard InChI is InChI=1S/C8H18N4O2/c1-3-6(2)11-7(13)4-5-10-8(9)12-14/h6,14H,3-5H2,1-2H3,(H,11,13)(H3,9,10,12). The second kappa shape index (κ2) is 7.14. The predicted octanol–water partition coefficient (Wildman–Crippen LogP) is -0.415. The highest BCUT2D eigenvalue weighted by Gasteiger charge is 2.04. The normalized spacial score (nSPS) is 13.5. The van der Waals surface area contributed by atoms with Crippen LogP contribution in [0.15, 0.2) is 4.99 Å². The van der Waals surface area contributed by atoms with Crippen molar-refractivity contribution in [2.24, 2.45) is 10.7 Å². The van der Waals surface area contributed by atoms with Crippen molar-refractivity contribution in [3.05, 3.63) is 0 Å². The van der Waals surface area contributed by atoms with Gasteiger partial charge in [-0.2, -0.15) is 0 Å². The molecular weight excluding hydrogens is 184 g/mol. The number of hydrogen-bond acceptors (Lipinski definition) is 3. The molecule has 0 aromatic carbocycles. The molecule has 0 saturated carbocycles. The van der Waals surface area contributed by atoms with Gasteiger partial charge in [-0.25, -0.2) is 5.48 Å². The van der Waals surface area contributed by atoms with E-state index in [1.807, 2.05) is 13.8 Å². The third-order valence-electron chi connectivity index (χ3n) is 1.76. The molecule has 0 aromatic heterocycles. The smallest absolute Gasteiger partial charge is 0.222 e. The first-order valence-electron chi connectivity index (χ1n) is 4.59. The number of carbonyl (C=O) groups excluding carboxylic acids is 1. The monoisotopic (exact) mass is 202 g/mol. The quantitative estimate of drug-likeness (QED) is 0.276. The molecule has 1 atom stereocenters. The van der Waals surface area contributed by atoms with Gasteiger partial charge in [0.05, 0.1) is 6.54 Å². The molecule has 0 aromatic rings. The number of nitrogens with zero attached hydrogens (tertiary/aromatic N) is 1. The second-order valence-electron chi connectivity index (χ2n) is 3.01. The molecule has 6 nitrogen and oxygen atoms in total. The van der Waals surface area contributed by atoms with Crippen molar-refractivity contribution in [1.29, 1.82) is 0 Å². The molecule has 82 valence electrons. The van der Waals surface area contributed by atoms with Gasteiger partial charge in [0.15, 0.2) is 0 Å². The number of amides is 1. The maximum Gasteiger partial charge on any atom is 0.222 e. The Bertz CT molecular complexity index is 206. The lowest BCUT2D eigenvalue weighted by Crippen LogP contribution is -2.33. The topological polar surface area (TPSA) is 99.7 Å². The molecule has 14 heavy (non-hydrogen) atoms. The van der Waals surface area contributed by atoms with E-state index in [1.54, 1.807) is 5.48 Å². The van der Waals surface area contributed by atoms with Crippen LogP contribution < -0.4 is 16.5 Å². The summed E-state index contributed by atoms with van der Waals surface area (Å²) in [5, 5.41) is 11.1. The van der Waals surface area contributed by atoms with Crippen LogP contribution in [-0.4, -0.2) is 29.7 Å². The summed E-state index contributed by atoms with van der Waals surface area (Å²) in [6.45, 7) is 4.20. The molecule has 0 aliphatic rings. The fourth-order valence-electron chi connectivity index (χ4n) is 0.762. The van der Waals surface area contributed by atoms with Crippen molar-refractivity contribution in [2.45, 2.75) is 32.7 Å². The Morgan fingerprint density at radius 1 is 1.64 bits per heavy atom. The van der Waals surface area contributed by atoms with Gasteiger partial charge in [-0.3, -0.25) is 15.0 Å². The van der Waals surface area contributed by atoms with Crippen molar-refractivity contribution in [3.8, 4) is 0 Å². The average Bonchev–Trinajstić information content (AvgIpc) is 2.17. The minimum Gasteiger partial charge on any atom is -0.368 e. The van der Waals surface area contributed by atoms with Crippen LogP contribution in [0.25, 0.3) is 0 Å². The van der Waals surface area contributed by atoms with Crippen LogP contribution in [0.2, 0.25) is 0 Å². The zero-order chi connectivity index (χ0) is 11.0. The van der Waals surface area contributed by atoms with E-state index in [0.717, 1.165) is 6.42 Å². The van der Waals surface area contributed by atoms with Crippen molar-refractivity contribution in [3.63, 3.8) is 0 Å². The van der Waals surface area contributed by atoms with Crippen LogP contribution in [0.3, 0.4) is 0 Å². The van der Waals surface area contributed by atoms with Crippen molar-refractivity contribution < 1.29 is 10.0 Å². The van der Waals surface area contributed by atoms with E-state index in [1.165, 1.54) is 0 Å². The molecule has 0 fully saturated rings. The highest BCUT2D eigenvalue weighted by atomic mass is 16.5. The molecule has 0 bridgehead atoms. The molecule has 0 radical (unpaired) electrons. The van der Waals surface area contributed by atoms with Gasteiger partial charge in [0.25, 0.3) is 0 Å². The third-order valence-corrected chi connectivity index (χ3v) is 1.76. The number of aliphatic imine (C=N–C) groups is 1. The van der Waals surface area contributed by atoms with Crippen LogP contribution in [0.4, 0.5) is 0 Å². The fraction of sp³-hybridized carbons (Fsp3) is 0.750. The number of nitrogens with two attached hydrogens (primary N) is 1. The Morgan fingerprint density at radius 3 is 2.79 bits per heavy atom. The number of nitrogens with one attached hydrogen (secondary N) is 2. The van der Waals surface area contributed by atoms with E-state index in [4.69, 9.17) is 10.9 Å². The summed E-state index contributed by atoms with van der Waals surface area (Å²) in [6.07, 6.45) is 1.17. The van der Waals surface area contributed by atoms with Gasteiger partial charge in [0.1, 0.15) is 0 Å². The molecule has 1 amide bonds. The van der Waals surface area contributed by atoms with Crippen molar-refractivity contribution >= 4 is 11.9 Å². The Morgan fingerprint density at radius 2 is 2.29 bits per heavy atom. The van der Waals surface area contributed by atoms with Crippen LogP contribution in [0.5, 0.6) is 0 Å². The van der Waals surface area contributed by atoms with E-state index in [2.05, 4.69) is 10.3 Å². The van der Waals surface area contributed by atoms with Crippen molar-refractivity contribution in [1.82, 2.24) is 10.8 Å². The first-order valence-corrected chi connectivity index (χ1v) is 4.59. The van der Waals surface area contributed by atoms with E-state index in [0.29, 0.717) is 0 Å². The minimum atomic E-state index is -0.0821. The van der Waals surface area contributed by atoms with E-state index >= 15 is 0 Å². The third kappa shape index (κ3) is 6.24. The SMILES string of the molecule is CCC(C)NC(=O)CCN=C(N)NO. The number of guanidine groups is 1. The maximum atomic E-state index is 11.2. The molecule has 0 aliphatic carbocycles. The summed E-state index contributed by atoms with van der Waals surface area (Å²) < 4.78 is 0. The molecular formula is C8H18N4O2. The summed E-state index contributed by atoms with van der Waals surface area (Å²) in [4.78, 5) is 14.9. The first-order chi connectivity index (χ1) is 6.60. The van der Waals surface area contributed by atoms with E-state index < -0.39 is 0 Å². The predicted molar refractivity (Wildman–Crippen MR) is 53.9 cm³/mol. The Balaban J connectivity index is 3.64. The van der Waals surface area contributed by atoms with Crippen LogP contribution in [0.1, 0.15) is 26.7 Å². The highest BCUT2D eigenvalue weighted by Crippen LogP contribution is 1.89. The highest BCUT2D eigenvalue weighted by molar-refractivity contribution is 5.78. The van der Waals surface area contributed by atoms with Crippen LogP contribution in [-0.2, 0) is 4.79 Å². The van der Waals surface area contributed by atoms with Gasteiger partial charge in [0.2, 0.25) is 11.9 Å².